The first-order chi connectivity index (χ1) is 15.3. The van der Waals surface area contributed by atoms with Gasteiger partial charge in [0.25, 0.3) is 5.91 Å². The third kappa shape index (κ3) is 8.20. The van der Waals surface area contributed by atoms with Gasteiger partial charge in [0.15, 0.2) is 0 Å². The van der Waals surface area contributed by atoms with E-state index in [0.717, 1.165) is 4.90 Å². The summed E-state index contributed by atoms with van der Waals surface area (Å²) in [5.41, 5.74) is 0.389. The molecule has 1 aromatic rings. The molecule has 3 amide bonds. The minimum absolute atomic E-state index is 0.176. The molecular formula is C26H35N3O4. The number of amides is 3. The Labute approximate surface area is 197 Å². The van der Waals surface area contributed by atoms with Crippen LogP contribution in [-0.2, 0) is 14.3 Å². The lowest BCUT2D eigenvalue weighted by Crippen LogP contribution is -2.54. The Bertz CT molecular complexity index is 917. The van der Waals surface area contributed by atoms with E-state index in [9.17, 15) is 14.4 Å². The van der Waals surface area contributed by atoms with Crippen molar-refractivity contribution >= 4 is 17.9 Å². The van der Waals surface area contributed by atoms with Crippen molar-refractivity contribution in [1.82, 2.24) is 15.5 Å². The summed E-state index contributed by atoms with van der Waals surface area (Å²) in [5, 5.41) is 5.45. The topological polar surface area (TPSA) is 87.7 Å². The Kier molecular flexibility index (Phi) is 10.0. The Morgan fingerprint density at radius 2 is 1.64 bits per heavy atom. The molecule has 1 rings (SSSR count). The molecule has 0 radical (unpaired) electrons. The molecule has 33 heavy (non-hydrogen) atoms. The van der Waals surface area contributed by atoms with E-state index in [-0.39, 0.29) is 12.0 Å². The Morgan fingerprint density at radius 3 is 2.06 bits per heavy atom. The molecule has 3 atom stereocenters. The van der Waals surface area contributed by atoms with E-state index in [4.69, 9.17) is 17.6 Å². The van der Waals surface area contributed by atoms with Crippen LogP contribution >= 0.6 is 0 Å². The highest BCUT2D eigenvalue weighted by Crippen LogP contribution is 2.24. The molecule has 7 heteroatoms. The minimum Gasteiger partial charge on any atom is -0.444 e. The highest BCUT2D eigenvalue weighted by molar-refractivity contribution is 5.93. The van der Waals surface area contributed by atoms with Crippen molar-refractivity contribution < 1.29 is 19.1 Å². The van der Waals surface area contributed by atoms with Gasteiger partial charge in [-0.05, 0) is 58.2 Å². The maximum Gasteiger partial charge on any atom is 0.408 e. The third-order valence-corrected chi connectivity index (χ3v) is 4.86. The van der Waals surface area contributed by atoms with Crippen LogP contribution < -0.4 is 10.6 Å². The number of hydrogen-bond acceptors (Lipinski definition) is 4. The maximum atomic E-state index is 13.6. The molecule has 178 valence electrons. The van der Waals surface area contributed by atoms with E-state index in [1.807, 2.05) is 27.7 Å². The zero-order chi connectivity index (χ0) is 25.3. The van der Waals surface area contributed by atoms with Crippen molar-refractivity contribution in [2.75, 3.05) is 0 Å². The number of carbonyl (C=O) groups excluding carboxylic acids is 3. The van der Waals surface area contributed by atoms with E-state index in [1.165, 1.54) is 0 Å². The van der Waals surface area contributed by atoms with Crippen LogP contribution in [0.2, 0.25) is 0 Å². The normalized spacial score (nSPS) is 13.6. The summed E-state index contributed by atoms with van der Waals surface area (Å²) in [4.78, 5) is 40.2. The molecule has 3 unspecified atom stereocenters. The third-order valence-electron chi connectivity index (χ3n) is 4.86. The molecule has 1 aromatic carbocycles. The van der Waals surface area contributed by atoms with E-state index < -0.39 is 35.6 Å². The average Bonchev–Trinajstić information content (AvgIpc) is 2.73. The second-order valence-corrected chi connectivity index (χ2v) is 9.18. The fraction of sp³-hybridized carbons (Fsp3) is 0.500. The Balaban J connectivity index is 3.41. The van der Waals surface area contributed by atoms with Crippen LogP contribution in [0.4, 0.5) is 4.79 Å². The van der Waals surface area contributed by atoms with Gasteiger partial charge < -0.3 is 15.4 Å². The van der Waals surface area contributed by atoms with Crippen LogP contribution in [0.15, 0.2) is 24.3 Å². The monoisotopic (exact) mass is 453 g/mol. The van der Waals surface area contributed by atoms with Gasteiger partial charge in [-0.25, -0.2) is 4.79 Å². The molecule has 0 fully saturated rings. The fourth-order valence-electron chi connectivity index (χ4n) is 3.08. The van der Waals surface area contributed by atoms with Crippen LogP contribution in [0.25, 0.3) is 0 Å². The van der Waals surface area contributed by atoms with Crippen LogP contribution in [-0.4, -0.2) is 40.5 Å². The van der Waals surface area contributed by atoms with Crippen molar-refractivity contribution in [3.63, 3.8) is 0 Å². The predicted octanol–water partition coefficient (Wildman–Crippen LogP) is 3.59. The number of alkyl carbamates (subject to hydrolysis) is 1. The van der Waals surface area contributed by atoms with Gasteiger partial charge in [-0.2, -0.15) is 0 Å². The van der Waals surface area contributed by atoms with Gasteiger partial charge in [0.05, 0.1) is 0 Å². The van der Waals surface area contributed by atoms with Gasteiger partial charge in [-0.15, -0.1) is 6.42 Å². The fourth-order valence-corrected chi connectivity index (χ4v) is 3.08. The summed E-state index contributed by atoms with van der Waals surface area (Å²) in [6, 6.07) is 6.76. The maximum absolute atomic E-state index is 13.6. The van der Waals surface area contributed by atoms with E-state index in [1.54, 1.807) is 45.0 Å². The highest BCUT2D eigenvalue weighted by Gasteiger charge is 2.37. The number of terminal acetylenes is 2. The molecule has 0 saturated carbocycles. The van der Waals surface area contributed by atoms with Crippen molar-refractivity contribution in [2.24, 2.45) is 5.92 Å². The average molecular weight is 454 g/mol. The van der Waals surface area contributed by atoms with E-state index in [0.29, 0.717) is 17.5 Å². The second-order valence-electron chi connectivity index (χ2n) is 9.18. The standard InChI is InChI=1S/C26H35N3O4/c1-10-18(6)21(28-25(32)33-26(7,8)9)24(31)29(12-3)22(23(30)27-17(4)5)20-15-13-19(11-2)14-16-20/h2-3,13-18,21-22H,10H2,1,4-9H3,(H,27,30)(H,28,32). The largest absolute Gasteiger partial charge is 0.444 e. The molecule has 0 aliphatic rings. The van der Waals surface area contributed by atoms with Crippen LogP contribution in [0.5, 0.6) is 0 Å². The van der Waals surface area contributed by atoms with Gasteiger partial charge >= 0.3 is 6.09 Å². The van der Waals surface area contributed by atoms with Gasteiger partial charge in [0.1, 0.15) is 17.7 Å². The molecule has 0 bridgehead atoms. The number of carbonyl (C=O) groups is 3. The zero-order valence-corrected chi connectivity index (χ0v) is 20.6. The molecular weight excluding hydrogens is 418 g/mol. The van der Waals surface area contributed by atoms with E-state index in [2.05, 4.69) is 22.6 Å². The SMILES string of the molecule is C#Cc1ccc(C(C(=O)NC(C)C)N(C#C)C(=O)C(NC(=O)OC(C)(C)C)C(C)CC)cc1. The van der Waals surface area contributed by atoms with E-state index >= 15 is 0 Å². The Hall–Kier alpha value is -3.45. The predicted molar refractivity (Wildman–Crippen MR) is 129 cm³/mol. The number of nitrogens with zero attached hydrogens (tertiary/aromatic N) is 1. The van der Waals surface area contributed by atoms with Gasteiger partial charge in [0, 0.05) is 17.6 Å². The number of ether oxygens (including phenoxy) is 1. The molecule has 2 N–H and O–H groups in total. The summed E-state index contributed by atoms with van der Waals surface area (Å²) >= 11 is 0. The molecule has 0 saturated heterocycles. The zero-order valence-electron chi connectivity index (χ0n) is 20.6. The lowest BCUT2D eigenvalue weighted by Gasteiger charge is -2.32. The van der Waals surface area contributed by atoms with Crippen molar-refractivity contribution in [3.05, 3.63) is 35.4 Å². The first kappa shape index (κ1) is 27.6. The van der Waals surface area contributed by atoms with Gasteiger partial charge in [-0.1, -0.05) is 44.7 Å². The Morgan fingerprint density at radius 1 is 1.06 bits per heavy atom. The summed E-state index contributed by atoms with van der Waals surface area (Å²) < 4.78 is 5.33. The molecule has 0 aliphatic carbocycles. The van der Waals surface area contributed by atoms with Gasteiger partial charge in [0.2, 0.25) is 5.91 Å². The summed E-state index contributed by atoms with van der Waals surface area (Å²) in [6.45, 7) is 12.5. The van der Waals surface area contributed by atoms with Crippen LogP contribution in [0, 0.1) is 30.7 Å². The molecule has 0 aromatic heterocycles. The lowest BCUT2D eigenvalue weighted by molar-refractivity contribution is -0.139. The minimum atomic E-state index is -1.11. The first-order valence-electron chi connectivity index (χ1n) is 11.0. The number of nitrogens with one attached hydrogen (secondary N) is 2. The van der Waals surface area contributed by atoms with Crippen LogP contribution in [0.1, 0.15) is 72.1 Å². The van der Waals surface area contributed by atoms with Crippen molar-refractivity contribution in [3.8, 4) is 24.8 Å². The number of rotatable bonds is 8. The van der Waals surface area contributed by atoms with Crippen molar-refractivity contribution in [1.29, 1.82) is 0 Å². The van der Waals surface area contributed by atoms with Crippen molar-refractivity contribution in [2.45, 2.75) is 78.6 Å². The summed E-state index contributed by atoms with van der Waals surface area (Å²) in [7, 11) is 0. The smallest absolute Gasteiger partial charge is 0.408 e. The molecule has 0 heterocycles. The molecule has 0 aliphatic heterocycles. The summed E-state index contributed by atoms with van der Waals surface area (Å²) in [6.07, 6.45) is 11.0. The van der Waals surface area contributed by atoms with Gasteiger partial charge in [-0.3, -0.25) is 14.5 Å². The molecule has 0 spiro atoms. The number of hydrogen-bond donors (Lipinski definition) is 2. The first-order valence-corrected chi connectivity index (χ1v) is 11.0. The van der Waals surface area contributed by atoms with Crippen LogP contribution in [0.3, 0.4) is 0 Å². The quantitative estimate of drug-likeness (QED) is 0.465. The highest BCUT2D eigenvalue weighted by atomic mass is 16.6. The number of benzene rings is 1. The second kappa shape index (κ2) is 12.0. The molecule has 7 nitrogen and oxygen atoms in total. The lowest BCUT2D eigenvalue weighted by atomic mass is 9.96. The summed E-state index contributed by atoms with van der Waals surface area (Å²) in [5.74, 6) is 1.23.